The van der Waals surface area contributed by atoms with Gasteiger partial charge in [0.1, 0.15) is 5.41 Å². The summed E-state index contributed by atoms with van der Waals surface area (Å²) in [5.41, 5.74) is -0.917. The highest BCUT2D eigenvalue weighted by molar-refractivity contribution is 5.84. The SMILES string of the molecule is CC(C)CN(C(=O)C(C)(C)C#N)C(C)C. The smallest absolute Gasteiger partial charge is 0.242 e. The van der Waals surface area contributed by atoms with E-state index in [2.05, 4.69) is 19.9 Å². The quantitative estimate of drug-likeness (QED) is 0.715. The number of nitriles is 1. The third kappa shape index (κ3) is 3.91. The van der Waals surface area contributed by atoms with Crippen molar-refractivity contribution >= 4 is 5.91 Å². The first-order valence-corrected chi connectivity index (χ1v) is 5.44. The summed E-state index contributed by atoms with van der Waals surface area (Å²) in [4.78, 5) is 13.9. The van der Waals surface area contributed by atoms with Crippen LogP contribution < -0.4 is 0 Å². The molecule has 3 nitrogen and oxygen atoms in total. The summed E-state index contributed by atoms with van der Waals surface area (Å²) >= 11 is 0. The summed E-state index contributed by atoms with van der Waals surface area (Å²) in [6, 6.07) is 2.20. The molecule has 1 amide bonds. The van der Waals surface area contributed by atoms with Gasteiger partial charge in [0.2, 0.25) is 5.91 Å². The van der Waals surface area contributed by atoms with E-state index >= 15 is 0 Å². The maximum atomic E-state index is 12.1. The third-order valence-corrected chi connectivity index (χ3v) is 2.26. The molecular formula is C12H22N2O. The number of amides is 1. The molecule has 0 fully saturated rings. The first-order chi connectivity index (χ1) is 6.72. The van der Waals surface area contributed by atoms with Crippen molar-refractivity contribution in [2.75, 3.05) is 6.54 Å². The van der Waals surface area contributed by atoms with Crippen molar-refractivity contribution < 1.29 is 4.79 Å². The first kappa shape index (κ1) is 14.0. The molecule has 0 saturated carbocycles. The minimum atomic E-state index is -0.917. The monoisotopic (exact) mass is 210 g/mol. The van der Waals surface area contributed by atoms with Gasteiger partial charge in [-0.3, -0.25) is 4.79 Å². The summed E-state index contributed by atoms with van der Waals surface area (Å²) < 4.78 is 0. The summed E-state index contributed by atoms with van der Waals surface area (Å²) in [5.74, 6) is 0.347. The average molecular weight is 210 g/mol. The van der Waals surface area contributed by atoms with E-state index in [4.69, 9.17) is 5.26 Å². The fourth-order valence-electron chi connectivity index (χ4n) is 1.33. The first-order valence-electron chi connectivity index (χ1n) is 5.44. The Morgan fingerprint density at radius 2 is 1.80 bits per heavy atom. The molecule has 0 aliphatic heterocycles. The number of hydrogen-bond donors (Lipinski definition) is 0. The Labute approximate surface area is 93.1 Å². The molecule has 86 valence electrons. The lowest BCUT2D eigenvalue weighted by molar-refractivity contribution is -0.139. The molecule has 0 atom stereocenters. The van der Waals surface area contributed by atoms with E-state index in [-0.39, 0.29) is 11.9 Å². The highest BCUT2D eigenvalue weighted by atomic mass is 16.2. The Balaban J connectivity index is 4.81. The molecule has 15 heavy (non-hydrogen) atoms. The average Bonchev–Trinajstić information content (AvgIpc) is 2.12. The van der Waals surface area contributed by atoms with Gasteiger partial charge in [-0.1, -0.05) is 13.8 Å². The zero-order valence-electron chi connectivity index (χ0n) is 10.7. The standard InChI is InChI=1S/C12H22N2O/c1-9(2)7-14(10(3)4)11(15)12(5,6)8-13/h9-10H,7H2,1-6H3. The van der Waals surface area contributed by atoms with Gasteiger partial charge < -0.3 is 4.90 Å². The number of nitrogens with zero attached hydrogens (tertiary/aromatic N) is 2. The van der Waals surface area contributed by atoms with E-state index in [0.29, 0.717) is 12.5 Å². The van der Waals surface area contributed by atoms with Crippen LogP contribution in [0.1, 0.15) is 41.5 Å². The van der Waals surface area contributed by atoms with Gasteiger partial charge in [-0.15, -0.1) is 0 Å². The maximum Gasteiger partial charge on any atom is 0.242 e. The van der Waals surface area contributed by atoms with Gasteiger partial charge >= 0.3 is 0 Å². The van der Waals surface area contributed by atoms with Crippen LogP contribution in [0.2, 0.25) is 0 Å². The summed E-state index contributed by atoms with van der Waals surface area (Å²) in [6.45, 7) is 12.2. The highest BCUT2D eigenvalue weighted by Crippen LogP contribution is 2.20. The molecule has 0 saturated heterocycles. The lowest BCUT2D eigenvalue weighted by Gasteiger charge is -2.32. The predicted octanol–water partition coefficient (Wildman–Crippen LogP) is 2.43. The van der Waals surface area contributed by atoms with Gasteiger partial charge in [-0.25, -0.2) is 0 Å². The maximum absolute atomic E-state index is 12.1. The van der Waals surface area contributed by atoms with Crippen molar-refractivity contribution in [3.05, 3.63) is 0 Å². The topological polar surface area (TPSA) is 44.1 Å². The number of rotatable bonds is 4. The second-order valence-electron chi connectivity index (χ2n) is 5.18. The molecule has 3 heteroatoms. The van der Waals surface area contributed by atoms with Crippen molar-refractivity contribution in [1.82, 2.24) is 4.90 Å². The Bertz CT molecular complexity index is 261. The molecule has 0 bridgehead atoms. The second kappa shape index (κ2) is 5.16. The molecule has 0 heterocycles. The van der Waals surface area contributed by atoms with Crippen molar-refractivity contribution in [2.45, 2.75) is 47.6 Å². The number of carbonyl (C=O) groups excluding carboxylic acids is 1. The Morgan fingerprint density at radius 3 is 2.07 bits per heavy atom. The van der Waals surface area contributed by atoms with Gasteiger partial charge in [0, 0.05) is 12.6 Å². The molecule has 0 aliphatic carbocycles. The van der Waals surface area contributed by atoms with Crippen molar-refractivity contribution in [3.8, 4) is 6.07 Å². The van der Waals surface area contributed by atoms with E-state index in [0.717, 1.165) is 0 Å². The van der Waals surface area contributed by atoms with Gasteiger partial charge in [0.25, 0.3) is 0 Å². The minimum Gasteiger partial charge on any atom is -0.339 e. The summed E-state index contributed by atoms with van der Waals surface area (Å²) in [7, 11) is 0. The molecule has 0 aliphatic rings. The van der Waals surface area contributed by atoms with E-state index in [9.17, 15) is 4.79 Å². The highest BCUT2D eigenvalue weighted by Gasteiger charge is 2.33. The molecule has 0 aromatic heterocycles. The number of hydrogen-bond acceptors (Lipinski definition) is 2. The summed E-state index contributed by atoms with van der Waals surface area (Å²) in [5, 5.41) is 8.93. The zero-order chi connectivity index (χ0) is 12.2. The largest absolute Gasteiger partial charge is 0.339 e. The van der Waals surface area contributed by atoms with Crippen LogP contribution in [0.5, 0.6) is 0 Å². The predicted molar refractivity (Wildman–Crippen MR) is 61.1 cm³/mol. The van der Waals surface area contributed by atoms with Gasteiger partial charge in [0.05, 0.1) is 6.07 Å². The fourth-order valence-corrected chi connectivity index (χ4v) is 1.33. The van der Waals surface area contributed by atoms with Crippen molar-refractivity contribution in [3.63, 3.8) is 0 Å². The van der Waals surface area contributed by atoms with Crippen LogP contribution in [0.4, 0.5) is 0 Å². The molecule has 0 aromatic carbocycles. The van der Waals surface area contributed by atoms with E-state index in [1.807, 2.05) is 13.8 Å². The van der Waals surface area contributed by atoms with Crippen molar-refractivity contribution in [2.24, 2.45) is 11.3 Å². The van der Waals surface area contributed by atoms with E-state index < -0.39 is 5.41 Å². The van der Waals surface area contributed by atoms with Crippen LogP contribution in [0.15, 0.2) is 0 Å². The van der Waals surface area contributed by atoms with Gasteiger partial charge in [0.15, 0.2) is 0 Å². The molecule has 0 radical (unpaired) electrons. The van der Waals surface area contributed by atoms with E-state index in [1.54, 1.807) is 18.7 Å². The minimum absolute atomic E-state index is 0.0753. The van der Waals surface area contributed by atoms with E-state index in [1.165, 1.54) is 0 Å². The van der Waals surface area contributed by atoms with Crippen molar-refractivity contribution in [1.29, 1.82) is 5.26 Å². The van der Waals surface area contributed by atoms with Crippen LogP contribution in [0.25, 0.3) is 0 Å². The lowest BCUT2D eigenvalue weighted by Crippen LogP contribution is -2.45. The Kier molecular flexibility index (Phi) is 4.80. The second-order valence-corrected chi connectivity index (χ2v) is 5.18. The Morgan fingerprint density at radius 1 is 1.33 bits per heavy atom. The fraction of sp³-hybridized carbons (Fsp3) is 0.833. The molecule has 0 aromatic rings. The van der Waals surface area contributed by atoms with Crippen LogP contribution in [0, 0.1) is 22.7 Å². The molecule has 0 rings (SSSR count). The van der Waals surface area contributed by atoms with Crippen LogP contribution in [-0.2, 0) is 4.79 Å². The molecular weight excluding hydrogens is 188 g/mol. The van der Waals surface area contributed by atoms with Crippen LogP contribution in [-0.4, -0.2) is 23.4 Å². The third-order valence-electron chi connectivity index (χ3n) is 2.26. The Hall–Kier alpha value is -1.04. The molecule has 0 unspecified atom stereocenters. The zero-order valence-corrected chi connectivity index (χ0v) is 10.7. The summed E-state index contributed by atoms with van der Waals surface area (Å²) in [6.07, 6.45) is 0. The molecule has 0 spiro atoms. The van der Waals surface area contributed by atoms with Gasteiger partial charge in [-0.05, 0) is 33.6 Å². The normalized spacial score (nSPS) is 11.7. The lowest BCUT2D eigenvalue weighted by atomic mass is 9.92. The van der Waals surface area contributed by atoms with Gasteiger partial charge in [-0.2, -0.15) is 5.26 Å². The number of carbonyl (C=O) groups is 1. The molecule has 0 N–H and O–H groups in total. The van der Waals surface area contributed by atoms with Crippen LogP contribution in [0.3, 0.4) is 0 Å². The van der Waals surface area contributed by atoms with Crippen LogP contribution >= 0.6 is 0 Å².